The molecule has 0 aromatic carbocycles. The van der Waals surface area contributed by atoms with Gasteiger partial charge in [-0.05, 0) is 24.8 Å². The molecule has 1 aromatic rings. The van der Waals surface area contributed by atoms with Crippen molar-refractivity contribution in [1.29, 1.82) is 0 Å². The van der Waals surface area contributed by atoms with Gasteiger partial charge in [-0.25, -0.2) is 0 Å². The zero-order valence-corrected chi connectivity index (χ0v) is 14.0. The fourth-order valence-electron chi connectivity index (χ4n) is 2.14. The molecular weight excluding hydrogens is 290 g/mol. The van der Waals surface area contributed by atoms with E-state index >= 15 is 0 Å². The van der Waals surface area contributed by atoms with E-state index in [-0.39, 0.29) is 24.0 Å². The van der Waals surface area contributed by atoms with Gasteiger partial charge < -0.3 is 10.4 Å². The summed E-state index contributed by atoms with van der Waals surface area (Å²) in [7, 11) is 1.75. The highest BCUT2D eigenvalue weighted by Gasteiger charge is 2.19. The zero-order valence-electron chi connectivity index (χ0n) is 13.3. The number of halogens is 1. The summed E-state index contributed by atoms with van der Waals surface area (Å²) in [4.78, 5) is 11.9. The second kappa shape index (κ2) is 7.09. The first-order valence-corrected chi connectivity index (χ1v) is 7.30. The van der Waals surface area contributed by atoms with E-state index in [9.17, 15) is 9.90 Å². The van der Waals surface area contributed by atoms with Gasteiger partial charge in [-0.1, -0.05) is 32.4 Å². The molecule has 1 atom stereocenters. The smallest absolute Gasteiger partial charge is 0.244 e. The monoisotopic (exact) mass is 313 g/mol. The van der Waals surface area contributed by atoms with Crippen molar-refractivity contribution in [3.05, 3.63) is 22.5 Å². The van der Waals surface area contributed by atoms with Crippen molar-refractivity contribution in [2.24, 2.45) is 12.5 Å². The van der Waals surface area contributed by atoms with Gasteiger partial charge in [-0.15, -0.1) is 0 Å². The van der Waals surface area contributed by atoms with Gasteiger partial charge in [0.2, 0.25) is 5.91 Å². The Labute approximate surface area is 131 Å². The third-order valence-corrected chi connectivity index (χ3v) is 3.47. The molecule has 0 saturated heterocycles. The number of carbonyl (C=O) groups excluding carboxylic acids is 1. The van der Waals surface area contributed by atoms with Crippen molar-refractivity contribution < 1.29 is 9.90 Å². The van der Waals surface area contributed by atoms with E-state index in [0.29, 0.717) is 11.6 Å². The Morgan fingerprint density at radius 2 is 2.14 bits per heavy atom. The molecule has 0 radical (unpaired) electrons. The highest BCUT2D eigenvalue weighted by atomic mass is 35.5. The van der Waals surface area contributed by atoms with Gasteiger partial charge in [0.15, 0.2) is 0 Å². The summed E-state index contributed by atoms with van der Waals surface area (Å²) in [6.45, 7) is 7.95. The molecule has 6 heteroatoms. The summed E-state index contributed by atoms with van der Waals surface area (Å²) in [5.74, 6) is -0.252. The van der Waals surface area contributed by atoms with Crippen LogP contribution in [0.15, 0.2) is 6.08 Å². The number of hydrogen-bond donors (Lipinski definition) is 2. The molecule has 0 aliphatic carbocycles. The highest BCUT2D eigenvalue weighted by molar-refractivity contribution is 6.31. The molecule has 0 saturated carbocycles. The molecule has 1 rings (SSSR count). The number of carbonyl (C=O) groups is 1. The summed E-state index contributed by atoms with van der Waals surface area (Å²) in [5.41, 5.74) is 1.53. The lowest BCUT2D eigenvalue weighted by Crippen LogP contribution is -2.39. The maximum absolute atomic E-state index is 11.9. The van der Waals surface area contributed by atoms with Gasteiger partial charge in [0.25, 0.3) is 0 Å². The summed E-state index contributed by atoms with van der Waals surface area (Å²) < 4.78 is 1.56. The average Bonchev–Trinajstić information content (AvgIpc) is 2.58. The maximum atomic E-state index is 11.9. The summed E-state index contributed by atoms with van der Waals surface area (Å²) in [6, 6.07) is -0.257. The molecule has 118 valence electrons. The lowest BCUT2D eigenvalue weighted by Gasteiger charge is -2.24. The SMILES string of the molecule is Cc1nn(C)c(Cl)c1/C=C/C(=O)NC(CO)CC(C)(C)C. The first kappa shape index (κ1) is 17.7. The van der Waals surface area contributed by atoms with E-state index in [4.69, 9.17) is 11.6 Å². The normalized spacial score (nSPS) is 13.7. The molecule has 1 unspecified atom stereocenters. The summed E-state index contributed by atoms with van der Waals surface area (Å²) >= 11 is 6.10. The topological polar surface area (TPSA) is 67.2 Å². The van der Waals surface area contributed by atoms with Crippen LogP contribution in [0.5, 0.6) is 0 Å². The molecule has 1 amide bonds. The van der Waals surface area contributed by atoms with Gasteiger partial charge in [0.1, 0.15) is 5.15 Å². The molecule has 21 heavy (non-hydrogen) atoms. The van der Waals surface area contributed by atoms with Crippen LogP contribution >= 0.6 is 11.6 Å². The van der Waals surface area contributed by atoms with Gasteiger partial charge in [-0.3, -0.25) is 9.48 Å². The molecule has 0 spiro atoms. The fourth-order valence-corrected chi connectivity index (χ4v) is 2.38. The average molecular weight is 314 g/mol. The number of nitrogens with zero attached hydrogens (tertiary/aromatic N) is 2. The molecule has 0 fully saturated rings. The fraction of sp³-hybridized carbons (Fsp3) is 0.600. The van der Waals surface area contributed by atoms with Gasteiger partial charge in [-0.2, -0.15) is 5.10 Å². The molecule has 0 aliphatic heterocycles. The number of aromatic nitrogens is 2. The third-order valence-electron chi connectivity index (χ3n) is 3.02. The number of aliphatic hydroxyl groups is 1. The quantitative estimate of drug-likeness (QED) is 0.820. The van der Waals surface area contributed by atoms with E-state index in [1.165, 1.54) is 6.08 Å². The predicted octanol–water partition coefficient (Wildman–Crippen LogP) is 2.31. The van der Waals surface area contributed by atoms with E-state index < -0.39 is 0 Å². The minimum atomic E-state index is -0.257. The Bertz CT molecular complexity index is 530. The van der Waals surface area contributed by atoms with Crippen molar-refractivity contribution in [1.82, 2.24) is 15.1 Å². The Morgan fingerprint density at radius 3 is 2.57 bits per heavy atom. The first-order valence-electron chi connectivity index (χ1n) is 6.92. The van der Waals surface area contributed by atoms with Crippen LogP contribution in [0.25, 0.3) is 6.08 Å². The zero-order chi connectivity index (χ0) is 16.2. The lowest BCUT2D eigenvalue weighted by atomic mass is 9.88. The van der Waals surface area contributed by atoms with Gasteiger partial charge in [0.05, 0.1) is 18.3 Å². The molecule has 5 nitrogen and oxygen atoms in total. The largest absolute Gasteiger partial charge is 0.394 e. The van der Waals surface area contributed by atoms with E-state index in [0.717, 1.165) is 11.3 Å². The van der Waals surface area contributed by atoms with Crippen LogP contribution < -0.4 is 5.32 Å². The Hall–Kier alpha value is -1.33. The number of aryl methyl sites for hydroxylation is 2. The van der Waals surface area contributed by atoms with Gasteiger partial charge >= 0.3 is 0 Å². The van der Waals surface area contributed by atoms with Crippen molar-refractivity contribution >= 4 is 23.6 Å². The second-order valence-electron chi connectivity index (χ2n) is 6.40. The minimum absolute atomic E-state index is 0.0354. The molecule has 1 heterocycles. The standard InChI is InChI=1S/C15H24ClN3O2/c1-10-12(14(16)19(5)18-10)6-7-13(21)17-11(9-20)8-15(2,3)4/h6-7,11,20H,8-9H2,1-5H3,(H,17,21)/b7-6+. The van der Waals surface area contributed by atoms with Crippen LogP contribution in [-0.2, 0) is 11.8 Å². The van der Waals surface area contributed by atoms with Crippen LogP contribution in [0.2, 0.25) is 5.15 Å². The molecule has 2 N–H and O–H groups in total. The summed E-state index contributed by atoms with van der Waals surface area (Å²) in [6.07, 6.45) is 3.77. The van der Waals surface area contributed by atoms with E-state index in [1.54, 1.807) is 17.8 Å². The number of hydrogen-bond acceptors (Lipinski definition) is 3. The van der Waals surface area contributed by atoms with Crippen LogP contribution in [0.4, 0.5) is 0 Å². The number of rotatable bonds is 5. The number of nitrogens with one attached hydrogen (secondary N) is 1. The van der Waals surface area contributed by atoms with Crippen LogP contribution in [-0.4, -0.2) is 33.4 Å². The van der Waals surface area contributed by atoms with Crippen molar-refractivity contribution in [3.63, 3.8) is 0 Å². The van der Waals surface area contributed by atoms with Crippen molar-refractivity contribution in [2.45, 2.75) is 40.2 Å². The second-order valence-corrected chi connectivity index (χ2v) is 6.76. The first-order chi connectivity index (χ1) is 9.64. The maximum Gasteiger partial charge on any atom is 0.244 e. The summed E-state index contributed by atoms with van der Waals surface area (Å²) in [5, 5.41) is 16.8. The Kier molecular flexibility index (Phi) is 5.98. The lowest BCUT2D eigenvalue weighted by molar-refractivity contribution is -0.117. The minimum Gasteiger partial charge on any atom is -0.394 e. The van der Waals surface area contributed by atoms with Gasteiger partial charge in [0, 0.05) is 18.7 Å². The van der Waals surface area contributed by atoms with Crippen LogP contribution in [0, 0.1) is 12.3 Å². The van der Waals surface area contributed by atoms with Crippen molar-refractivity contribution in [2.75, 3.05) is 6.61 Å². The Morgan fingerprint density at radius 1 is 1.52 bits per heavy atom. The molecular formula is C15H24ClN3O2. The predicted molar refractivity (Wildman–Crippen MR) is 85.1 cm³/mol. The van der Waals surface area contributed by atoms with Crippen molar-refractivity contribution in [3.8, 4) is 0 Å². The van der Waals surface area contributed by atoms with Crippen LogP contribution in [0.3, 0.4) is 0 Å². The van der Waals surface area contributed by atoms with E-state index in [1.807, 2.05) is 6.92 Å². The molecule has 0 aliphatic rings. The molecule has 0 bridgehead atoms. The number of amides is 1. The number of aliphatic hydroxyl groups excluding tert-OH is 1. The molecule has 1 aromatic heterocycles. The van der Waals surface area contributed by atoms with Crippen LogP contribution in [0.1, 0.15) is 38.4 Å². The highest BCUT2D eigenvalue weighted by Crippen LogP contribution is 2.21. The van der Waals surface area contributed by atoms with E-state index in [2.05, 4.69) is 31.2 Å². The third kappa shape index (κ3) is 5.52. The Balaban J connectivity index is 2.70.